The number of nitrogens with one attached hydrogen (secondary N) is 1. The number of methoxy groups -OCH3 is 1. The van der Waals surface area contributed by atoms with Crippen molar-refractivity contribution in [3.05, 3.63) is 24.3 Å². The van der Waals surface area contributed by atoms with Crippen LogP contribution in [-0.2, 0) is 14.3 Å². The third kappa shape index (κ3) is 6.48. The second kappa shape index (κ2) is 9.80. The van der Waals surface area contributed by atoms with Gasteiger partial charge in [0, 0.05) is 12.5 Å². The van der Waals surface area contributed by atoms with E-state index >= 15 is 0 Å². The smallest absolute Gasteiger partial charge is 0.306 e. The summed E-state index contributed by atoms with van der Waals surface area (Å²) in [4.78, 5) is 23.3. The van der Waals surface area contributed by atoms with E-state index in [-0.39, 0.29) is 30.9 Å². The minimum atomic E-state index is -0.380. The standard InChI is InChI=1S/C18H25NO5/c1-22-15-8-10-16(11-9-15)23-12-4-7-18(21)24-13-17(20)19-14-5-2-3-6-14/h8-11,14H,2-7,12-13H2,1H3,(H,19,20). The van der Waals surface area contributed by atoms with Crippen LogP contribution in [0.2, 0.25) is 0 Å². The number of esters is 1. The Kier molecular flexibility index (Phi) is 7.39. The molecule has 1 aliphatic carbocycles. The SMILES string of the molecule is COc1ccc(OCCCC(=O)OCC(=O)NC2CCCC2)cc1. The molecule has 1 saturated carbocycles. The highest BCUT2D eigenvalue weighted by Crippen LogP contribution is 2.18. The van der Waals surface area contributed by atoms with E-state index in [0.29, 0.717) is 13.0 Å². The van der Waals surface area contributed by atoms with Crippen LogP contribution in [0.5, 0.6) is 11.5 Å². The summed E-state index contributed by atoms with van der Waals surface area (Å²) in [5, 5.41) is 2.88. The first-order chi connectivity index (χ1) is 11.7. The number of carbonyl (C=O) groups is 2. The van der Waals surface area contributed by atoms with E-state index in [0.717, 1.165) is 37.2 Å². The van der Waals surface area contributed by atoms with Crippen molar-refractivity contribution < 1.29 is 23.8 Å². The molecule has 0 aromatic heterocycles. The van der Waals surface area contributed by atoms with Crippen molar-refractivity contribution in [2.45, 2.75) is 44.6 Å². The Morgan fingerprint density at radius 1 is 1.12 bits per heavy atom. The van der Waals surface area contributed by atoms with Crippen molar-refractivity contribution in [1.82, 2.24) is 5.32 Å². The van der Waals surface area contributed by atoms with Crippen LogP contribution in [0.3, 0.4) is 0 Å². The lowest BCUT2D eigenvalue weighted by atomic mass is 10.2. The summed E-state index contributed by atoms with van der Waals surface area (Å²) in [5.74, 6) is 0.890. The molecular weight excluding hydrogens is 310 g/mol. The van der Waals surface area contributed by atoms with Crippen LogP contribution in [0.4, 0.5) is 0 Å². The third-order valence-electron chi connectivity index (χ3n) is 3.94. The van der Waals surface area contributed by atoms with Crippen molar-refractivity contribution >= 4 is 11.9 Å². The summed E-state index contributed by atoms with van der Waals surface area (Å²) in [7, 11) is 1.61. The Hall–Kier alpha value is -2.24. The number of hydrogen-bond acceptors (Lipinski definition) is 5. The van der Waals surface area contributed by atoms with Gasteiger partial charge in [-0.25, -0.2) is 0 Å². The fourth-order valence-corrected chi connectivity index (χ4v) is 2.64. The molecule has 0 radical (unpaired) electrons. The lowest BCUT2D eigenvalue weighted by Gasteiger charge is -2.12. The highest BCUT2D eigenvalue weighted by Gasteiger charge is 2.17. The first-order valence-electron chi connectivity index (χ1n) is 8.39. The molecule has 0 saturated heterocycles. The van der Waals surface area contributed by atoms with Crippen LogP contribution in [0.25, 0.3) is 0 Å². The fourth-order valence-electron chi connectivity index (χ4n) is 2.64. The molecule has 1 amide bonds. The fraction of sp³-hybridized carbons (Fsp3) is 0.556. The zero-order chi connectivity index (χ0) is 17.2. The van der Waals surface area contributed by atoms with Gasteiger partial charge in [0.2, 0.25) is 0 Å². The molecule has 1 aromatic rings. The summed E-state index contributed by atoms with van der Waals surface area (Å²) >= 11 is 0. The van der Waals surface area contributed by atoms with E-state index in [9.17, 15) is 9.59 Å². The predicted molar refractivity (Wildman–Crippen MR) is 89.1 cm³/mol. The summed E-state index contributed by atoms with van der Waals surface area (Å²) < 4.78 is 15.6. The van der Waals surface area contributed by atoms with E-state index < -0.39 is 0 Å². The van der Waals surface area contributed by atoms with Gasteiger partial charge in [-0.05, 0) is 43.5 Å². The second-order valence-electron chi connectivity index (χ2n) is 5.84. The van der Waals surface area contributed by atoms with Gasteiger partial charge in [-0.2, -0.15) is 0 Å². The zero-order valence-corrected chi connectivity index (χ0v) is 14.1. The van der Waals surface area contributed by atoms with Crippen molar-refractivity contribution in [3.63, 3.8) is 0 Å². The second-order valence-corrected chi connectivity index (χ2v) is 5.84. The minimum Gasteiger partial charge on any atom is -0.497 e. The molecule has 0 spiro atoms. The number of carbonyl (C=O) groups excluding carboxylic acids is 2. The third-order valence-corrected chi connectivity index (χ3v) is 3.94. The maximum absolute atomic E-state index is 11.6. The van der Waals surface area contributed by atoms with Gasteiger partial charge in [0.15, 0.2) is 6.61 Å². The molecule has 0 heterocycles. The average Bonchev–Trinajstić information content (AvgIpc) is 3.10. The monoisotopic (exact) mass is 335 g/mol. The molecule has 2 rings (SSSR count). The van der Waals surface area contributed by atoms with Crippen LogP contribution in [0, 0.1) is 0 Å². The van der Waals surface area contributed by atoms with Gasteiger partial charge in [-0.3, -0.25) is 9.59 Å². The van der Waals surface area contributed by atoms with Crippen molar-refractivity contribution in [2.75, 3.05) is 20.3 Å². The van der Waals surface area contributed by atoms with Gasteiger partial charge in [-0.1, -0.05) is 12.8 Å². The largest absolute Gasteiger partial charge is 0.497 e. The normalized spacial score (nSPS) is 14.2. The van der Waals surface area contributed by atoms with E-state index in [2.05, 4.69) is 5.32 Å². The Labute approximate surface area is 142 Å². The Bertz CT molecular complexity index is 523. The maximum atomic E-state index is 11.6. The lowest BCUT2D eigenvalue weighted by Crippen LogP contribution is -2.35. The highest BCUT2D eigenvalue weighted by molar-refractivity contribution is 5.80. The maximum Gasteiger partial charge on any atom is 0.306 e. The van der Waals surface area contributed by atoms with Gasteiger partial charge < -0.3 is 19.5 Å². The van der Waals surface area contributed by atoms with Crippen LogP contribution >= 0.6 is 0 Å². The summed E-state index contributed by atoms with van der Waals surface area (Å²) in [6, 6.07) is 7.49. The number of rotatable bonds is 9. The van der Waals surface area contributed by atoms with Gasteiger partial charge in [0.25, 0.3) is 5.91 Å². The summed E-state index contributed by atoms with van der Waals surface area (Å²) in [5.41, 5.74) is 0. The molecule has 0 unspecified atom stereocenters. The molecule has 6 nitrogen and oxygen atoms in total. The first kappa shape index (κ1) is 18.1. The average molecular weight is 335 g/mol. The van der Waals surface area contributed by atoms with Crippen LogP contribution in [0.1, 0.15) is 38.5 Å². The molecule has 1 aromatic carbocycles. The van der Waals surface area contributed by atoms with Crippen molar-refractivity contribution in [1.29, 1.82) is 0 Å². The highest BCUT2D eigenvalue weighted by atomic mass is 16.5. The molecule has 1 N–H and O–H groups in total. The molecule has 6 heteroatoms. The quantitative estimate of drug-likeness (QED) is 0.554. The van der Waals surface area contributed by atoms with Gasteiger partial charge in [0.05, 0.1) is 13.7 Å². The van der Waals surface area contributed by atoms with Gasteiger partial charge in [0.1, 0.15) is 11.5 Å². The minimum absolute atomic E-state index is 0.200. The van der Waals surface area contributed by atoms with E-state index in [1.807, 2.05) is 24.3 Å². The Morgan fingerprint density at radius 3 is 2.46 bits per heavy atom. The number of benzene rings is 1. The first-order valence-corrected chi connectivity index (χ1v) is 8.39. The molecule has 1 fully saturated rings. The van der Waals surface area contributed by atoms with Crippen molar-refractivity contribution in [3.8, 4) is 11.5 Å². The molecule has 132 valence electrons. The van der Waals surface area contributed by atoms with E-state index in [1.54, 1.807) is 7.11 Å². The number of amides is 1. The molecule has 0 bridgehead atoms. The van der Waals surface area contributed by atoms with Gasteiger partial charge >= 0.3 is 5.97 Å². The number of ether oxygens (including phenoxy) is 3. The summed E-state index contributed by atoms with van der Waals surface area (Å²) in [6.07, 6.45) is 5.10. The number of hydrogen-bond donors (Lipinski definition) is 1. The van der Waals surface area contributed by atoms with Gasteiger partial charge in [-0.15, -0.1) is 0 Å². The van der Waals surface area contributed by atoms with Crippen LogP contribution in [-0.4, -0.2) is 38.2 Å². The molecule has 24 heavy (non-hydrogen) atoms. The molecule has 0 atom stereocenters. The molecule has 0 aliphatic heterocycles. The zero-order valence-electron chi connectivity index (χ0n) is 14.1. The lowest BCUT2D eigenvalue weighted by molar-refractivity contribution is -0.148. The van der Waals surface area contributed by atoms with Crippen LogP contribution < -0.4 is 14.8 Å². The van der Waals surface area contributed by atoms with Crippen molar-refractivity contribution in [2.24, 2.45) is 0 Å². The summed E-state index contributed by atoms with van der Waals surface area (Å²) in [6.45, 7) is 0.213. The van der Waals surface area contributed by atoms with E-state index in [4.69, 9.17) is 14.2 Å². The topological polar surface area (TPSA) is 73.9 Å². The predicted octanol–water partition coefficient (Wildman–Crippen LogP) is 2.46. The van der Waals surface area contributed by atoms with Crippen LogP contribution in [0.15, 0.2) is 24.3 Å². The Balaban J connectivity index is 1.53. The Morgan fingerprint density at radius 2 is 1.79 bits per heavy atom. The molecule has 1 aliphatic rings. The van der Waals surface area contributed by atoms with E-state index in [1.165, 1.54) is 0 Å². The molecular formula is C18H25NO5.